The molecular weight excluding hydrogens is 312 g/mol. The number of aromatic hydroxyl groups is 1. The lowest BCUT2D eigenvalue weighted by atomic mass is 9.96. The third-order valence-corrected chi connectivity index (χ3v) is 4.10. The highest BCUT2D eigenvalue weighted by Crippen LogP contribution is 2.41. The lowest BCUT2D eigenvalue weighted by Gasteiger charge is -2.15. The van der Waals surface area contributed by atoms with E-state index >= 15 is 0 Å². The molecule has 3 aromatic carbocycles. The van der Waals surface area contributed by atoms with Crippen LogP contribution in [0, 0.1) is 11.3 Å². The molecule has 25 heavy (non-hydrogen) atoms. The van der Waals surface area contributed by atoms with E-state index in [0.717, 1.165) is 16.7 Å². The molecule has 0 unspecified atom stereocenters. The first kappa shape index (κ1) is 16.4. The summed E-state index contributed by atoms with van der Waals surface area (Å²) in [6.45, 7) is 0. The molecular formula is C21H18N2O2. The lowest BCUT2D eigenvalue weighted by Crippen LogP contribution is -1.95. The fraction of sp³-hybridized carbons (Fsp3) is 0.0952. The SMILES string of the molecule is COc1ccc(Cc2ccc(C#N)cc2)c(O)c1-c1cccc(N)c1. The van der Waals surface area contributed by atoms with Gasteiger partial charge in [-0.05, 0) is 47.0 Å². The number of ether oxygens (including phenoxy) is 1. The highest BCUT2D eigenvalue weighted by Gasteiger charge is 2.16. The van der Waals surface area contributed by atoms with Gasteiger partial charge >= 0.3 is 0 Å². The molecule has 0 spiro atoms. The summed E-state index contributed by atoms with van der Waals surface area (Å²) in [4.78, 5) is 0. The van der Waals surface area contributed by atoms with Crippen molar-refractivity contribution in [3.63, 3.8) is 0 Å². The number of nitriles is 1. The van der Waals surface area contributed by atoms with Gasteiger partial charge in [0.05, 0.1) is 24.3 Å². The molecule has 0 aliphatic heterocycles. The normalized spacial score (nSPS) is 10.2. The van der Waals surface area contributed by atoms with E-state index in [9.17, 15) is 5.11 Å². The Kier molecular flexibility index (Phi) is 4.58. The Morgan fingerprint density at radius 3 is 2.48 bits per heavy atom. The fourth-order valence-corrected chi connectivity index (χ4v) is 2.82. The van der Waals surface area contributed by atoms with Crippen molar-refractivity contribution in [3.05, 3.63) is 77.4 Å². The number of nitrogens with zero attached hydrogens (tertiary/aromatic N) is 1. The zero-order valence-corrected chi connectivity index (χ0v) is 13.9. The predicted octanol–water partition coefficient (Wildman–Crippen LogP) is 4.11. The molecule has 4 nitrogen and oxygen atoms in total. The molecule has 0 fully saturated rings. The largest absolute Gasteiger partial charge is 0.507 e. The molecule has 3 N–H and O–H groups in total. The smallest absolute Gasteiger partial charge is 0.130 e. The standard InChI is InChI=1S/C21H18N2O2/c1-25-19-10-9-17(11-14-5-7-15(13-22)8-6-14)21(24)20(19)16-3-2-4-18(23)12-16/h2-10,12,24H,11,23H2,1H3. The molecule has 124 valence electrons. The van der Waals surface area contributed by atoms with Gasteiger partial charge in [0, 0.05) is 12.1 Å². The third-order valence-electron chi connectivity index (χ3n) is 4.10. The second-order valence-electron chi connectivity index (χ2n) is 5.76. The quantitative estimate of drug-likeness (QED) is 0.706. The van der Waals surface area contributed by atoms with Gasteiger partial charge in [0.2, 0.25) is 0 Å². The van der Waals surface area contributed by atoms with Gasteiger partial charge < -0.3 is 15.6 Å². The first-order chi connectivity index (χ1) is 12.1. The van der Waals surface area contributed by atoms with Crippen LogP contribution < -0.4 is 10.5 Å². The summed E-state index contributed by atoms with van der Waals surface area (Å²) in [6.07, 6.45) is 0.552. The summed E-state index contributed by atoms with van der Waals surface area (Å²) >= 11 is 0. The number of rotatable bonds is 4. The van der Waals surface area contributed by atoms with E-state index < -0.39 is 0 Å². The van der Waals surface area contributed by atoms with E-state index in [-0.39, 0.29) is 5.75 Å². The maximum absolute atomic E-state index is 10.8. The summed E-state index contributed by atoms with van der Waals surface area (Å²) in [5.41, 5.74) is 10.3. The number of benzene rings is 3. The Morgan fingerprint density at radius 2 is 1.84 bits per heavy atom. The molecule has 0 saturated heterocycles. The van der Waals surface area contributed by atoms with Crippen LogP contribution in [-0.4, -0.2) is 12.2 Å². The van der Waals surface area contributed by atoms with E-state index in [4.69, 9.17) is 15.7 Å². The van der Waals surface area contributed by atoms with Gasteiger partial charge in [0.15, 0.2) is 0 Å². The Morgan fingerprint density at radius 1 is 1.08 bits per heavy atom. The van der Waals surface area contributed by atoms with Crippen LogP contribution >= 0.6 is 0 Å². The second kappa shape index (κ2) is 6.98. The van der Waals surface area contributed by atoms with Gasteiger partial charge in [-0.25, -0.2) is 0 Å². The van der Waals surface area contributed by atoms with Gasteiger partial charge in [-0.15, -0.1) is 0 Å². The number of hydrogen-bond donors (Lipinski definition) is 2. The van der Waals surface area contributed by atoms with Gasteiger partial charge in [0.25, 0.3) is 0 Å². The average Bonchev–Trinajstić information content (AvgIpc) is 2.63. The van der Waals surface area contributed by atoms with Crippen LogP contribution in [0.15, 0.2) is 60.7 Å². The van der Waals surface area contributed by atoms with Crippen molar-refractivity contribution in [3.8, 4) is 28.7 Å². The average molecular weight is 330 g/mol. The number of nitrogens with two attached hydrogens (primary N) is 1. The number of methoxy groups -OCH3 is 1. The Balaban J connectivity index is 2.04. The van der Waals surface area contributed by atoms with Crippen molar-refractivity contribution in [2.75, 3.05) is 12.8 Å². The molecule has 3 rings (SSSR count). The number of phenolic OH excluding ortho intramolecular Hbond substituents is 1. The first-order valence-electron chi connectivity index (χ1n) is 7.86. The number of hydrogen-bond acceptors (Lipinski definition) is 4. The molecule has 0 atom stereocenters. The number of nitrogen functional groups attached to an aromatic ring is 1. The van der Waals surface area contributed by atoms with Crippen LogP contribution in [0.25, 0.3) is 11.1 Å². The molecule has 0 bridgehead atoms. The molecule has 4 heteroatoms. The molecule has 0 aliphatic carbocycles. The first-order valence-corrected chi connectivity index (χ1v) is 7.86. The van der Waals surface area contributed by atoms with Crippen molar-refractivity contribution >= 4 is 5.69 Å². The summed E-state index contributed by atoms with van der Waals surface area (Å²) < 4.78 is 5.42. The zero-order chi connectivity index (χ0) is 17.8. The lowest BCUT2D eigenvalue weighted by molar-refractivity contribution is 0.409. The maximum atomic E-state index is 10.8. The predicted molar refractivity (Wildman–Crippen MR) is 98.5 cm³/mol. The van der Waals surface area contributed by atoms with Gasteiger partial charge in [-0.3, -0.25) is 0 Å². The van der Waals surface area contributed by atoms with Gasteiger partial charge in [0.1, 0.15) is 11.5 Å². The van der Waals surface area contributed by atoms with Gasteiger partial charge in [-0.2, -0.15) is 5.26 Å². The minimum absolute atomic E-state index is 0.175. The van der Waals surface area contributed by atoms with Crippen molar-refractivity contribution in [1.29, 1.82) is 5.26 Å². The minimum atomic E-state index is 0.175. The van der Waals surface area contributed by atoms with E-state index in [2.05, 4.69) is 6.07 Å². The van der Waals surface area contributed by atoms with Crippen molar-refractivity contribution in [2.45, 2.75) is 6.42 Å². The third kappa shape index (κ3) is 3.41. The Bertz CT molecular complexity index is 941. The Hall–Kier alpha value is -3.45. The summed E-state index contributed by atoms with van der Waals surface area (Å²) in [5.74, 6) is 0.765. The molecule has 0 aliphatic rings. The van der Waals surface area contributed by atoms with Crippen LogP contribution in [0.5, 0.6) is 11.5 Å². The summed E-state index contributed by atoms with van der Waals surface area (Å²) in [6, 6.07) is 20.5. The van der Waals surface area contributed by atoms with E-state index in [1.807, 2.05) is 42.5 Å². The van der Waals surface area contributed by atoms with Crippen LogP contribution in [0.4, 0.5) is 5.69 Å². The minimum Gasteiger partial charge on any atom is -0.507 e. The van der Waals surface area contributed by atoms with Crippen LogP contribution in [0.1, 0.15) is 16.7 Å². The van der Waals surface area contributed by atoms with Crippen LogP contribution in [-0.2, 0) is 6.42 Å². The van der Waals surface area contributed by atoms with Crippen molar-refractivity contribution in [1.82, 2.24) is 0 Å². The highest BCUT2D eigenvalue weighted by atomic mass is 16.5. The van der Waals surface area contributed by atoms with E-state index in [1.54, 1.807) is 25.3 Å². The number of phenols is 1. The van der Waals surface area contributed by atoms with E-state index in [1.165, 1.54) is 0 Å². The molecule has 3 aromatic rings. The fourth-order valence-electron chi connectivity index (χ4n) is 2.82. The van der Waals surface area contributed by atoms with Crippen LogP contribution in [0.3, 0.4) is 0 Å². The second-order valence-corrected chi connectivity index (χ2v) is 5.76. The maximum Gasteiger partial charge on any atom is 0.130 e. The summed E-state index contributed by atoms with van der Waals surface area (Å²) in [5, 5.41) is 19.7. The molecule has 0 heterocycles. The molecule has 0 aromatic heterocycles. The van der Waals surface area contributed by atoms with Crippen LogP contribution in [0.2, 0.25) is 0 Å². The molecule has 0 amide bonds. The van der Waals surface area contributed by atoms with Gasteiger partial charge in [-0.1, -0.05) is 30.3 Å². The molecule has 0 radical (unpaired) electrons. The zero-order valence-electron chi connectivity index (χ0n) is 13.9. The Labute approximate surface area is 146 Å². The highest BCUT2D eigenvalue weighted by molar-refractivity contribution is 5.79. The van der Waals surface area contributed by atoms with Crippen molar-refractivity contribution < 1.29 is 9.84 Å². The van der Waals surface area contributed by atoms with Crippen molar-refractivity contribution in [2.24, 2.45) is 0 Å². The topological polar surface area (TPSA) is 79.3 Å². The number of anilines is 1. The monoisotopic (exact) mass is 330 g/mol. The molecule has 0 saturated carbocycles. The summed E-state index contributed by atoms with van der Waals surface area (Å²) in [7, 11) is 1.57. The van der Waals surface area contributed by atoms with E-state index in [0.29, 0.717) is 29.0 Å².